The van der Waals surface area contributed by atoms with Crippen LogP contribution in [-0.4, -0.2) is 42.3 Å². The highest BCUT2D eigenvalue weighted by Crippen LogP contribution is 2.54. The number of hydrogen-bond donors (Lipinski definition) is 0. The summed E-state index contributed by atoms with van der Waals surface area (Å²) in [5.74, 6) is 0.120. The first kappa shape index (κ1) is 24.8. The van der Waals surface area contributed by atoms with Crippen molar-refractivity contribution in [1.82, 2.24) is 0 Å². The summed E-state index contributed by atoms with van der Waals surface area (Å²) >= 11 is 0. The summed E-state index contributed by atoms with van der Waals surface area (Å²) in [6.07, 6.45) is 5.69. The molecule has 9 nitrogen and oxygen atoms in total. The van der Waals surface area contributed by atoms with Gasteiger partial charge in [0, 0.05) is 36.2 Å². The lowest BCUT2D eigenvalue weighted by Crippen LogP contribution is -2.60. The molecular weight excluding hydrogens is 476 g/mol. The van der Waals surface area contributed by atoms with E-state index < -0.39 is 16.1 Å². The molecule has 0 aromatic heterocycles. The van der Waals surface area contributed by atoms with Gasteiger partial charge in [-0.05, 0) is 62.5 Å². The van der Waals surface area contributed by atoms with Crippen molar-refractivity contribution in [3.63, 3.8) is 0 Å². The molecule has 3 heterocycles. The molecule has 1 fully saturated rings. The van der Waals surface area contributed by atoms with Gasteiger partial charge in [0.2, 0.25) is 5.72 Å². The van der Waals surface area contributed by atoms with Crippen LogP contribution in [0.2, 0.25) is 0 Å². The van der Waals surface area contributed by atoms with Crippen LogP contribution in [0.5, 0.6) is 5.75 Å². The molecule has 3 aliphatic heterocycles. The van der Waals surface area contributed by atoms with Crippen molar-refractivity contribution in [3.8, 4) is 5.75 Å². The van der Waals surface area contributed by atoms with Gasteiger partial charge in [-0.1, -0.05) is 18.2 Å². The highest BCUT2D eigenvalue weighted by molar-refractivity contribution is 5.74. The van der Waals surface area contributed by atoms with Crippen LogP contribution in [-0.2, 0) is 24.5 Å². The van der Waals surface area contributed by atoms with Gasteiger partial charge in [0.1, 0.15) is 12.4 Å². The minimum Gasteiger partial charge on any atom is -0.466 e. The lowest BCUT2D eigenvalue weighted by molar-refractivity contribution is -0.384. The Labute approximate surface area is 215 Å². The van der Waals surface area contributed by atoms with Gasteiger partial charge < -0.3 is 19.1 Å². The Morgan fingerprint density at radius 1 is 1.22 bits per heavy atom. The van der Waals surface area contributed by atoms with Gasteiger partial charge in [0.15, 0.2) is 0 Å². The lowest BCUT2D eigenvalue weighted by atomic mass is 9.76. The van der Waals surface area contributed by atoms with E-state index in [1.54, 1.807) is 6.07 Å². The van der Waals surface area contributed by atoms with Crippen LogP contribution in [0, 0.1) is 16.0 Å². The highest BCUT2D eigenvalue weighted by Gasteiger charge is 2.58. The van der Waals surface area contributed by atoms with Crippen LogP contribution < -0.4 is 9.64 Å². The SMILES string of the molecule is CC1(C)c2ccccc2N(CCOC(=O)CC2CCOC(=O)CC2)C12C=Cc1cc([N+](=O)[O-])ccc1O2. The van der Waals surface area contributed by atoms with Gasteiger partial charge in [-0.2, -0.15) is 0 Å². The molecule has 2 aromatic rings. The van der Waals surface area contributed by atoms with Gasteiger partial charge in [0.05, 0.1) is 23.5 Å². The number of carbonyl (C=O) groups is 2. The van der Waals surface area contributed by atoms with E-state index in [9.17, 15) is 19.7 Å². The zero-order valence-corrected chi connectivity index (χ0v) is 21.0. The lowest BCUT2D eigenvalue weighted by Gasteiger charge is -2.47. The van der Waals surface area contributed by atoms with E-state index in [4.69, 9.17) is 14.2 Å². The van der Waals surface area contributed by atoms with Crippen LogP contribution in [0.4, 0.5) is 11.4 Å². The molecule has 0 radical (unpaired) electrons. The number of benzene rings is 2. The zero-order valence-electron chi connectivity index (χ0n) is 21.0. The second-order valence-corrected chi connectivity index (χ2v) is 10.2. The van der Waals surface area contributed by atoms with Crippen LogP contribution in [0.15, 0.2) is 48.5 Å². The molecule has 0 saturated carbocycles. The number of cyclic esters (lactones) is 1. The number of hydrogen-bond acceptors (Lipinski definition) is 8. The van der Waals surface area contributed by atoms with Crippen molar-refractivity contribution in [3.05, 3.63) is 69.8 Å². The summed E-state index contributed by atoms with van der Waals surface area (Å²) in [6.45, 7) is 5.11. The number of nitrogens with zero attached hydrogens (tertiary/aromatic N) is 2. The second kappa shape index (κ2) is 9.53. The van der Waals surface area contributed by atoms with Gasteiger partial charge in [-0.3, -0.25) is 19.7 Å². The molecule has 3 aliphatic rings. The van der Waals surface area contributed by atoms with Crippen molar-refractivity contribution >= 4 is 29.4 Å². The number of esters is 2. The molecule has 2 unspecified atom stereocenters. The molecule has 1 spiro atoms. The van der Waals surface area contributed by atoms with Crippen LogP contribution >= 0.6 is 0 Å². The molecule has 1 saturated heterocycles. The summed E-state index contributed by atoms with van der Waals surface area (Å²) < 4.78 is 17.4. The minimum absolute atomic E-state index is 0.00489. The number of non-ortho nitro benzene ring substituents is 1. The Kier molecular flexibility index (Phi) is 6.39. The number of anilines is 1. The number of para-hydroxylation sites is 1. The average molecular weight is 507 g/mol. The highest BCUT2D eigenvalue weighted by atomic mass is 16.6. The van der Waals surface area contributed by atoms with Crippen molar-refractivity contribution in [2.45, 2.75) is 50.7 Å². The van der Waals surface area contributed by atoms with Crippen molar-refractivity contribution in [1.29, 1.82) is 0 Å². The van der Waals surface area contributed by atoms with E-state index >= 15 is 0 Å². The van der Waals surface area contributed by atoms with E-state index in [0.717, 1.165) is 11.3 Å². The third kappa shape index (κ3) is 4.43. The molecular formula is C28H30N2O7. The van der Waals surface area contributed by atoms with Gasteiger partial charge in [-0.25, -0.2) is 0 Å². The van der Waals surface area contributed by atoms with Crippen molar-refractivity contribution in [2.75, 3.05) is 24.7 Å². The Hall–Kier alpha value is -3.88. The van der Waals surface area contributed by atoms with Crippen molar-refractivity contribution in [2.24, 2.45) is 5.92 Å². The van der Waals surface area contributed by atoms with Gasteiger partial charge in [-0.15, -0.1) is 0 Å². The molecule has 0 N–H and O–H groups in total. The molecule has 0 bridgehead atoms. The predicted octanol–water partition coefficient (Wildman–Crippen LogP) is 4.77. The first-order valence-corrected chi connectivity index (χ1v) is 12.6. The largest absolute Gasteiger partial charge is 0.466 e. The average Bonchev–Trinajstić information content (AvgIpc) is 2.99. The Bertz CT molecular complexity index is 1270. The standard InChI is InChI=1S/C28H30N2O7/c1-27(2)22-5-3-4-6-23(22)29(14-16-36-26(32)17-19-7-10-25(31)35-15-12-19)28(27)13-11-20-18-21(30(33)34)8-9-24(20)37-28/h3-6,8-9,11,13,18-19H,7,10,12,14-17H2,1-2H3. The Morgan fingerprint density at radius 2 is 2.03 bits per heavy atom. The molecule has 37 heavy (non-hydrogen) atoms. The second-order valence-electron chi connectivity index (χ2n) is 10.2. The molecule has 5 rings (SSSR count). The Morgan fingerprint density at radius 3 is 2.84 bits per heavy atom. The van der Waals surface area contributed by atoms with E-state index in [2.05, 4.69) is 24.8 Å². The molecule has 2 aromatic carbocycles. The maximum Gasteiger partial charge on any atom is 0.306 e. The maximum absolute atomic E-state index is 12.6. The molecule has 2 atom stereocenters. The quantitative estimate of drug-likeness (QED) is 0.313. The van der Waals surface area contributed by atoms with Crippen LogP contribution in [0.1, 0.15) is 50.7 Å². The number of fused-ring (bicyclic) bond motifs is 2. The van der Waals surface area contributed by atoms with E-state index in [1.165, 1.54) is 12.1 Å². The third-order valence-corrected chi connectivity index (χ3v) is 7.70. The first-order valence-electron chi connectivity index (χ1n) is 12.6. The molecule has 0 amide bonds. The molecule has 194 valence electrons. The van der Waals surface area contributed by atoms with Crippen molar-refractivity contribution < 1.29 is 28.7 Å². The zero-order chi connectivity index (χ0) is 26.2. The summed E-state index contributed by atoms with van der Waals surface area (Å²) in [4.78, 5) is 37.0. The summed E-state index contributed by atoms with van der Waals surface area (Å²) in [5, 5.41) is 11.2. The maximum atomic E-state index is 12.6. The molecule has 9 heteroatoms. The summed E-state index contributed by atoms with van der Waals surface area (Å²) in [6, 6.07) is 12.6. The van der Waals surface area contributed by atoms with E-state index in [-0.39, 0.29) is 36.6 Å². The number of ether oxygens (including phenoxy) is 3. The number of rotatable bonds is 6. The van der Waals surface area contributed by atoms with Crippen LogP contribution in [0.25, 0.3) is 6.08 Å². The smallest absolute Gasteiger partial charge is 0.306 e. The fraction of sp³-hybridized carbons (Fsp3) is 0.429. The van der Waals surface area contributed by atoms with Gasteiger partial charge in [0.25, 0.3) is 5.69 Å². The molecule has 0 aliphatic carbocycles. The number of nitro groups is 1. The summed E-state index contributed by atoms with van der Waals surface area (Å²) in [7, 11) is 0. The first-order chi connectivity index (χ1) is 17.7. The summed E-state index contributed by atoms with van der Waals surface area (Å²) in [5.41, 5.74) is 1.34. The monoisotopic (exact) mass is 506 g/mol. The Balaban J connectivity index is 1.35. The van der Waals surface area contributed by atoms with Gasteiger partial charge >= 0.3 is 11.9 Å². The minimum atomic E-state index is -0.911. The predicted molar refractivity (Wildman–Crippen MR) is 136 cm³/mol. The topological polar surface area (TPSA) is 108 Å². The van der Waals surface area contributed by atoms with Crippen LogP contribution in [0.3, 0.4) is 0 Å². The number of nitro benzene ring substituents is 1. The third-order valence-electron chi connectivity index (χ3n) is 7.70. The van der Waals surface area contributed by atoms with E-state index in [0.29, 0.717) is 43.7 Å². The fourth-order valence-corrected chi connectivity index (χ4v) is 5.62. The number of carbonyl (C=O) groups excluding carboxylic acids is 2. The van der Waals surface area contributed by atoms with E-state index in [1.807, 2.05) is 30.4 Å². The fourth-order valence-electron chi connectivity index (χ4n) is 5.62. The normalized spacial score (nSPS) is 23.5.